The number of hydrogen-bond donors (Lipinski definition) is 2. The number of nitrogens with zero attached hydrogens (tertiary/aromatic N) is 1. The molecule has 2 N–H and O–H groups in total. The molecule has 0 saturated heterocycles. The predicted octanol–water partition coefficient (Wildman–Crippen LogP) is 0.258. The van der Waals surface area contributed by atoms with E-state index < -0.39 is 0 Å². The SMILES string of the molecule is CN/C=C(\C=N)CN(C)C(C)C=O. The van der Waals surface area contributed by atoms with E-state index in [2.05, 4.69) is 5.32 Å². The fourth-order valence-electron chi connectivity index (χ4n) is 0.854. The van der Waals surface area contributed by atoms with Gasteiger partial charge in [0.2, 0.25) is 0 Å². The molecule has 0 aliphatic rings. The van der Waals surface area contributed by atoms with Crippen molar-refractivity contribution in [2.24, 2.45) is 0 Å². The van der Waals surface area contributed by atoms with Crippen molar-refractivity contribution in [1.82, 2.24) is 10.2 Å². The van der Waals surface area contributed by atoms with E-state index >= 15 is 0 Å². The Hall–Kier alpha value is -1.16. The number of likely N-dealkylation sites (N-methyl/N-ethyl adjacent to an activating group) is 1. The van der Waals surface area contributed by atoms with Crippen molar-refractivity contribution in [1.29, 1.82) is 5.41 Å². The quantitative estimate of drug-likeness (QED) is 0.458. The van der Waals surface area contributed by atoms with Crippen molar-refractivity contribution in [3.05, 3.63) is 11.8 Å². The van der Waals surface area contributed by atoms with E-state index in [1.165, 1.54) is 6.21 Å². The zero-order chi connectivity index (χ0) is 10.3. The molecule has 0 rings (SSSR count). The lowest BCUT2D eigenvalue weighted by Crippen LogP contribution is -2.32. The van der Waals surface area contributed by atoms with Gasteiger partial charge in [-0.05, 0) is 19.5 Å². The lowest BCUT2D eigenvalue weighted by atomic mass is 10.2. The maximum absolute atomic E-state index is 10.4. The maximum atomic E-state index is 10.4. The van der Waals surface area contributed by atoms with E-state index in [1.807, 2.05) is 18.9 Å². The summed E-state index contributed by atoms with van der Waals surface area (Å²) < 4.78 is 0. The van der Waals surface area contributed by atoms with Gasteiger partial charge < -0.3 is 15.5 Å². The highest BCUT2D eigenvalue weighted by molar-refractivity contribution is 5.76. The van der Waals surface area contributed by atoms with Crippen LogP contribution in [0.15, 0.2) is 11.8 Å². The van der Waals surface area contributed by atoms with Gasteiger partial charge in [0.15, 0.2) is 0 Å². The Morgan fingerprint density at radius 1 is 1.69 bits per heavy atom. The molecular weight excluding hydrogens is 166 g/mol. The Bertz CT molecular complexity index is 201. The summed E-state index contributed by atoms with van der Waals surface area (Å²) in [4.78, 5) is 12.3. The smallest absolute Gasteiger partial charge is 0.136 e. The summed E-state index contributed by atoms with van der Waals surface area (Å²) in [7, 11) is 3.64. The minimum Gasteiger partial charge on any atom is -0.394 e. The molecule has 0 radical (unpaired) electrons. The second-order valence-electron chi connectivity index (χ2n) is 2.94. The Balaban J connectivity index is 4.15. The van der Waals surface area contributed by atoms with Crippen molar-refractivity contribution < 1.29 is 4.79 Å². The summed E-state index contributed by atoms with van der Waals surface area (Å²) in [6.45, 7) is 2.43. The molecule has 0 aliphatic carbocycles. The molecule has 0 amide bonds. The molecule has 1 unspecified atom stereocenters. The molecule has 0 heterocycles. The number of carbonyl (C=O) groups excluding carboxylic acids is 1. The molecule has 1 atom stereocenters. The molecular formula is C9H17N3O. The zero-order valence-corrected chi connectivity index (χ0v) is 8.37. The highest BCUT2D eigenvalue weighted by Crippen LogP contribution is 1.97. The van der Waals surface area contributed by atoms with Crippen molar-refractivity contribution >= 4 is 12.5 Å². The van der Waals surface area contributed by atoms with E-state index in [-0.39, 0.29) is 6.04 Å². The van der Waals surface area contributed by atoms with Crippen LogP contribution in [-0.4, -0.2) is 44.1 Å². The Morgan fingerprint density at radius 3 is 2.69 bits per heavy atom. The molecule has 0 aromatic heterocycles. The van der Waals surface area contributed by atoms with Gasteiger partial charge in [-0.1, -0.05) is 0 Å². The van der Waals surface area contributed by atoms with Crippen molar-refractivity contribution in [2.75, 3.05) is 20.6 Å². The van der Waals surface area contributed by atoms with Crippen molar-refractivity contribution in [3.63, 3.8) is 0 Å². The second-order valence-corrected chi connectivity index (χ2v) is 2.94. The van der Waals surface area contributed by atoms with Crippen LogP contribution in [0.4, 0.5) is 0 Å². The van der Waals surface area contributed by atoms with Crippen LogP contribution in [-0.2, 0) is 4.79 Å². The first-order valence-corrected chi connectivity index (χ1v) is 4.18. The fraction of sp³-hybridized carbons (Fsp3) is 0.556. The monoisotopic (exact) mass is 183 g/mol. The minimum absolute atomic E-state index is 0.111. The van der Waals surface area contributed by atoms with E-state index in [9.17, 15) is 4.79 Å². The average Bonchev–Trinajstić information content (AvgIpc) is 2.15. The molecule has 0 fully saturated rings. The van der Waals surface area contributed by atoms with E-state index in [4.69, 9.17) is 5.41 Å². The van der Waals surface area contributed by atoms with Gasteiger partial charge in [0.25, 0.3) is 0 Å². The van der Waals surface area contributed by atoms with Gasteiger partial charge in [0, 0.05) is 26.0 Å². The number of aldehydes is 1. The zero-order valence-electron chi connectivity index (χ0n) is 8.37. The normalized spacial score (nSPS) is 14.0. The molecule has 4 nitrogen and oxygen atoms in total. The topological polar surface area (TPSA) is 56.2 Å². The van der Waals surface area contributed by atoms with Crippen LogP contribution in [0.5, 0.6) is 0 Å². The molecule has 0 saturated carbocycles. The Kier molecular flexibility index (Phi) is 5.80. The van der Waals surface area contributed by atoms with Crippen LogP contribution in [0.25, 0.3) is 0 Å². The van der Waals surface area contributed by atoms with E-state index in [0.29, 0.717) is 6.54 Å². The average molecular weight is 183 g/mol. The van der Waals surface area contributed by atoms with Gasteiger partial charge in [0.1, 0.15) is 6.29 Å². The Labute approximate surface area is 79.1 Å². The van der Waals surface area contributed by atoms with Crippen molar-refractivity contribution in [2.45, 2.75) is 13.0 Å². The third-order valence-corrected chi connectivity index (χ3v) is 1.84. The summed E-state index contributed by atoms with van der Waals surface area (Å²) in [6.07, 6.45) is 3.92. The van der Waals surface area contributed by atoms with Crippen LogP contribution in [0.3, 0.4) is 0 Å². The number of nitrogens with one attached hydrogen (secondary N) is 2. The van der Waals surface area contributed by atoms with Gasteiger partial charge in [-0.25, -0.2) is 0 Å². The summed E-state index contributed by atoms with van der Waals surface area (Å²) >= 11 is 0. The van der Waals surface area contributed by atoms with Gasteiger partial charge in [-0.2, -0.15) is 0 Å². The third-order valence-electron chi connectivity index (χ3n) is 1.84. The highest BCUT2D eigenvalue weighted by atomic mass is 16.1. The van der Waals surface area contributed by atoms with Crippen LogP contribution in [0.2, 0.25) is 0 Å². The summed E-state index contributed by atoms with van der Waals surface area (Å²) in [6, 6.07) is -0.111. The van der Waals surface area contributed by atoms with E-state index in [0.717, 1.165) is 11.9 Å². The molecule has 13 heavy (non-hydrogen) atoms. The number of carbonyl (C=O) groups is 1. The summed E-state index contributed by atoms with van der Waals surface area (Å²) in [5, 5.41) is 9.96. The van der Waals surface area contributed by atoms with Crippen LogP contribution in [0.1, 0.15) is 6.92 Å². The van der Waals surface area contributed by atoms with Gasteiger partial charge in [-0.3, -0.25) is 4.90 Å². The van der Waals surface area contributed by atoms with E-state index in [1.54, 1.807) is 13.2 Å². The molecule has 4 heteroatoms. The number of rotatable bonds is 6. The lowest BCUT2D eigenvalue weighted by Gasteiger charge is -2.19. The largest absolute Gasteiger partial charge is 0.394 e. The molecule has 0 bridgehead atoms. The van der Waals surface area contributed by atoms with Gasteiger partial charge in [-0.15, -0.1) is 0 Å². The van der Waals surface area contributed by atoms with Crippen LogP contribution < -0.4 is 5.32 Å². The molecule has 0 spiro atoms. The first kappa shape index (κ1) is 11.8. The van der Waals surface area contributed by atoms with Crippen molar-refractivity contribution in [3.8, 4) is 0 Å². The van der Waals surface area contributed by atoms with Gasteiger partial charge >= 0.3 is 0 Å². The molecule has 0 aromatic carbocycles. The standard InChI is InChI=1S/C9H17N3O/c1-8(7-13)12(3)6-9(4-10)5-11-2/h4-5,7-8,10-11H,6H2,1-3H3/b9-5+,10-4?. The van der Waals surface area contributed by atoms with Crippen LogP contribution in [0, 0.1) is 5.41 Å². The molecule has 0 aromatic rings. The molecule has 0 aliphatic heterocycles. The highest BCUT2D eigenvalue weighted by Gasteiger charge is 2.07. The van der Waals surface area contributed by atoms with Gasteiger partial charge in [0.05, 0.1) is 6.04 Å². The lowest BCUT2D eigenvalue weighted by molar-refractivity contribution is -0.111. The third kappa shape index (κ3) is 4.42. The van der Waals surface area contributed by atoms with Crippen LogP contribution >= 0.6 is 0 Å². The first-order chi connectivity index (χ1) is 6.15. The predicted molar refractivity (Wildman–Crippen MR) is 54.1 cm³/mol. The summed E-state index contributed by atoms with van der Waals surface area (Å²) in [5.74, 6) is 0. The first-order valence-electron chi connectivity index (χ1n) is 4.18. The Morgan fingerprint density at radius 2 is 2.31 bits per heavy atom. The summed E-state index contributed by atoms with van der Waals surface area (Å²) in [5.41, 5.74) is 0.846. The molecule has 74 valence electrons. The number of hydrogen-bond acceptors (Lipinski definition) is 4. The minimum atomic E-state index is -0.111. The maximum Gasteiger partial charge on any atom is 0.136 e. The fourth-order valence-corrected chi connectivity index (χ4v) is 0.854. The second kappa shape index (κ2) is 6.37.